The second-order valence-electron chi connectivity index (χ2n) is 8.46. The van der Waals surface area contributed by atoms with Crippen molar-refractivity contribution in [3.8, 4) is 11.4 Å². The van der Waals surface area contributed by atoms with Crippen LogP contribution >= 0.6 is 0 Å². The molecule has 2 aliphatic rings. The minimum absolute atomic E-state index is 0.117. The molecule has 174 valence electrons. The third-order valence-corrected chi connectivity index (χ3v) is 6.26. The van der Waals surface area contributed by atoms with Crippen LogP contribution in [0.15, 0.2) is 24.3 Å². The first-order valence-electron chi connectivity index (χ1n) is 10.8. The van der Waals surface area contributed by atoms with Crippen LogP contribution in [0.3, 0.4) is 0 Å². The van der Waals surface area contributed by atoms with Crippen LogP contribution < -0.4 is 4.74 Å². The molecule has 3 heterocycles. The van der Waals surface area contributed by atoms with E-state index < -0.39 is 6.36 Å². The Kier molecular flexibility index (Phi) is 6.17. The minimum atomic E-state index is -4.78. The van der Waals surface area contributed by atoms with E-state index in [1.165, 1.54) is 22.9 Å². The average Bonchev–Trinajstić information content (AvgIpc) is 3.29. The number of nitrogens with zero attached hydrogens (tertiary/aromatic N) is 4. The maximum Gasteiger partial charge on any atom is 0.573 e. The number of amides is 1. The highest BCUT2D eigenvalue weighted by atomic mass is 19.4. The molecule has 2 aromatic rings. The molecule has 1 amide bonds. The van der Waals surface area contributed by atoms with E-state index in [0.717, 1.165) is 25.8 Å². The number of aliphatic hydroxyl groups excluding tert-OH is 1. The Labute approximate surface area is 184 Å². The first-order valence-corrected chi connectivity index (χ1v) is 10.8. The number of carbonyl (C=O) groups excluding carboxylic acids is 1. The van der Waals surface area contributed by atoms with Gasteiger partial charge < -0.3 is 14.7 Å². The number of ether oxygens (including phenoxy) is 1. The number of piperidine rings is 1. The van der Waals surface area contributed by atoms with Gasteiger partial charge in [-0.1, -0.05) is 6.07 Å². The zero-order chi connectivity index (χ0) is 23.0. The van der Waals surface area contributed by atoms with E-state index in [4.69, 9.17) is 0 Å². The van der Waals surface area contributed by atoms with E-state index in [9.17, 15) is 23.1 Å². The lowest BCUT2D eigenvalue weighted by Crippen LogP contribution is -2.46. The Morgan fingerprint density at radius 2 is 1.88 bits per heavy atom. The lowest BCUT2D eigenvalue weighted by atomic mass is 10.0. The summed E-state index contributed by atoms with van der Waals surface area (Å²) in [6.45, 7) is 6.29. The minimum Gasteiger partial charge on any atom is -0.406 e. The average molecular weight is 452 g/mol. The summed E-state index contributed by atoms with van der Waals surface area (Å²) in [5.41, 5.74) is 1.96. The van der Waals surface area contributed by atoms with Gasteiger partial charge in [-0.2, -0.15) is 5.10 Å². The monoisotopic (exact) mass is 452 g/mol. The van der Waals surface area contributed by atoms with E-state index in [-0.39, 0.29) is 17.8 Å². The van der Waals surface area contributed by atoms with Crippen LogP contribution in [0, 0.1) is 13.8 Å². The molecule has 0 bridgehead atoms. The Balaban J connectivity index is 1.49. The maximum atomic E-state index is 13.3. The van der Waals surface area contributed by atoms with Gasteiger partial charge in [0.05, 0.1) is 28.7 Å². The number of halogens is 3. The van der Waals surface area contributed by atoms with Crippen LogP contribution in [0.2, 0.25) is 0 Å². The first-order chi connectivity index (χ1) is 15.1. The van der Waals surface area contributed by atoms with Gasteiger partial charge in [-0.05, 0) is 45.2 Å². The van der Waals surface area contributed by atoms with Crippen molar-refractivity contribution < 1.29 is 27.8 Å². The lowest BCUT2D eigenvalue weighted by molar-refractivity contribution is -0.274. The summed E-state index contributed by atoms with van der Waals surface area (Å²) in [4.78, 5) is 17.4. The quantitative estimate of drug-likeness (QED) is 0.772. The van der Waals surface area contributed by atoms with E-state index in [0.29, 0.717) is 48.3 Å². The number of alkyl halides is 3. The van der Waals surface area contributed by atoms with Gasteiger partial charge in [0.1, 0.15) is 5.75 Å². The highest BCUT2D eigenvalue weighted by Gasteiger charge is 2.33. The van der Waals surface area contributed by atoms with Crippen molar-refractivity contribution in [3.05, 3.63) is 41.2 Å². The summed E-state index contributed by atoms with van der Waals surface area (Å²) in [6, 6.07) is 5.91. The fraction of sp³-hybridized carbons (Fsp3) is 0.545. The summed E-state index contributed by atoms with van der Waals surface area (Å²) >= 11 is 0. The van der Waals surface area contributed by atoms with E-state index in [2.05, 4.69) is 14.7 Å². The second kappa shape index (κ2) is 8.74. The van der Waals surface area contributed by atoms with Gasteiger partial charge in [-0.3, -0.25) is 9.69 Å². The highest BCUT2D eigenvalue weighted by Crippen LogP contribution is 2.28. The molecule has 1 aromatic heterocycles. The number of likely N-dealkylation sites (tertiary alicyclic amines) is 2. The van der Waals surface area contributed by atoms with E-state index in [1.54, 1.807) is 19.9 Å². The number of β-amino-alcohol motifs (C(OH)–C–C–N with tert-alkyl or cyclic N) is 1. The third-order valence-electron chi connectivity index (χ3n) is 6.26. The number of aromatic nitrogens is 2. The van der Waals surface area contributed by atoms with Crippen LogP contribution in [0.25, 0.3) is 5.69 Å². The van der Waals surface area contributed by atoms with Crippen molar-refractivity contribution in [1.29, 1.82) is 0 Å². The zero-order valence-corrected chi connectivity index (χ0v) is 18.1. The molecule has 0 radical (unpaired) electrons. The number of rotatable bonds is 4. The Morgan fingerprint density at radius 3 is 2.50 bits per heavy atom. The maximum absolute atomic E-state index is 13.3. The summed E-state index contributed by atoms with van der Waals surface area (Å²) in [5, 5.41) is 14.2. The summed E-state index contributed by atoms with van der Waals surface area (Å²) in [7, 11) is 0. The number of aliphatic hydroxyl groups is 1. The number of benzene rings is 1. The molecule has 1 atom stereocenters. The molecule has 10 heteroatoms. The third kappa shape index (κ3) is 4.75. The van der Waals surface area contributed by atoms with Gasteiger partial charge in [-0.25, -0.2) is 4.68 Å². The van der Waals surface area contributed by atoms with Gasteiger partial charge >= 0.3 is 6.36 Å². The van der Waals surface area contributed by atoms with Gasteiger partial charge in [0.25, 0.3) is 5.91 Å². The van der Waals surface area contributed by atoms with Crippen LogP contribution in [-0.2, 0) is 0 Å². The topological polar surface area (TPSA) is 70.8 Å². The molecule has 7 nitrogen and oxygen atoms in total. The smallest absolute Gasteiger partial charge is 0.406 e. The molecule has 2 aliphatic heterocycles. The SMILES string of the molecule is Cc1nn(-c2cccc(OC(F)(F)F)c2)c(C)c1C(=O)N1CCC(N2CC[C@@H](O)C2)CC1. The number of hydrogen-bond acceptors (Lipinski definition) is 5. The molecule has 1 aromatic carbocycles. The van der Waals surface area contributed by atoms with Crippen molar-refractivity contribution in [2.75, 3.05) is 26.2 Å². The van der Waals surface area contributed by atoms with Crippen LogP contribution in [0.4, 0.5) is 13.2 Å². The van der Waals surface area contributed by atoms with Gasteiger partial charge in [0.15, 0.2) is 0 Å². The molecule has 2 fully saturated rings. The second-order valence-corrected chi connectivity index (χ2v) is 8.46. The van der Waals surface area contributed by atoms with Crippen molar-refractivity contribution in [2.45, 2.75) is 51.6 Å². The number of carbonyl (C=O) groups is 1. The Bertz CT molecular complexity index is 983. The van der Waals surface area contributed by atoms with Crippen LogP contribution in [0.1, 0.15) is 41.0 Å². The predicted octanol–water partition coefficient (Wildman–Crippen LogP) is 3.06. The van der Waals surface area contributed by atoms with Crippen molar-refractivity contribution in [3.63, 3.8) is 0 Å². The summed E-state index contributed by atoms with van der Waals surface area (Å²) in [5.74, 6) is -0.460. The summed E-state index contributed by atoms with van der Waals surface area (Å²) in [6.07, 6.45) is -2.55. The molecular formula is C22H27F3N4O3. The lowest BCUT2D eigenvalue weighted by Gasteiger charge is -2.36. The van der Waals surface area contributed by atoms with Gasteiger partial charge in [-0.15, -0.1) is 13.2 Å². The van der Waals surface area contributed by atoms with Crippen molar-refractivity contribution in [1.82, 2.24) is 19.6 Å². The molecule has 4 rings (SSSR count). The van der Waals surface area contributed by atoms with Crippen molar-refractivity contribution >= 4 is 5.91 Å². The first kappa shape index (κ1) is 22.6. The molecular weight excluding hydrogens is 425 g/mol. The number of aryl methyl sites for hydroxylation is 1. The molecule has 0 unspecified atom stereocenters. The zero-order valence-electron chi connectivity index (χ0n) is 18.1. The Morgan fingerprint density at radius 1 is 1.16 bits per heavy atom. The normalized spacial score (nSPS) is 20.7. The Hall–Kier alpha value is -2.59. The van der Waals surface area contributed by atoms with Crippen LogP contribution in [0.5, 0.6) is 5.75 Å². The molecule has 0 spiro atoms. The molecule has 2 saturated heterocycles. The van der Waals surface area contributed by atoms with Crippen LogP contribution in [-0.4, -0.2) is 75.3 Å². The van der Waals surface area contributed by atoms with Gasteiger partial charge in [0, 0.05) is 38.3 Å². The largest absolute Gasteiger partial charge is 0.573 e. The van der Waals surface area contributed by atoms with Crippen molar-refractivity contribution in [2.24, 2.45) is 0 Å². The molecule has 0 saturated carbocycles. The predicted molar refractivity (Wildman–Crippen MR) is 111 cm³/mol. The molecule has 1 N–H and O–H groups in total. The fourth-order valence-corrected chi connectivity index (χ4v) is 4.71. The highest BCUT2D eigenvalue weighted by molar-refractivity contribution is 5.96. The van der Waals surface area contributed by atoms with E-state index in [1.807, 2.05) is 4.90 Å². The standard InChI is InChI=1S/C22H27F3N4O3/c1-14-20(21(31)27-9-6-16(7-10-27)28-11-8-18(30)13-28)15(2)29(26-14)17-4-3-5-19(12-17)32-22(23,24)25/h3-5,12,16,18,30H,6-11,13H2,1-2H3/t18-/m1/s1. The number of hydrogen-bond donors (Lipinski definition) is 1. The summed E-state index contributed by atoms with van der Waals surface area (Å²) < 4.78 is 43.2. The molecule has 32 heavy (non-hydrogen) atoms. The molecule has 0 aliphatic carbocycles. The van der Waals surface area contributed by atoms with Gasteiger partial charge in [0.2, 0.25) is 0 Å². The van der Waals surface area contributed by atoms with E-state index >= 15 is 0 Å². The fourth-order valence-electron chi connectivity index (χ4n) is 4.71.